The zero-order valence-corrected chi connectivity index (χ0v) is 10.6. The van der Waals surface area contributed by atoms with Crippen molar-refractivity contribution in [2.75, 3.05) is 25.1 Å². The lowest BCUT2D eigenvalue weighted by Crippen LogP contribution is -2.33. The summed E-state index contributed by atoms with van der Waals surface area (Å²) in [7, 11) is 1.84. The monoisotopic (exact) mass is 251 g/mol. The maximum atomic E-state index is 13.8. The molecule has 1 aromatic rings. The SMILES string of the molecule is CN(CC1CCCCO1)c1ccc(C=O)cc1F. The number of benzene rings is 1. The van der Waals surface area contributed by atoms with Crippen molar-refractivity contribution in [2.45, 2.75) is 25.4 Å². The van der Waals surface area contributed by atoms with Gasteiger partial charge >= 0.3 is 0 Å². The van der Waals surface area contributed by atoms with E-state index in [0.29, 0.717) is 24.1 Å². The van der Waals surface area contributed by atoms with Crippen LogP contribution in [0.15, 0.2) is 18.2 Å². The van der Waals surface area contributed by atoms with Gasteiger partial charge in [-0.3, -0.25) is 4.79 Å². The van der Waals surface area contributed by atoms with Crippen molar-refractivity contribution in [1.82, 2.24) is 0 Å². The molecule has 1 saturated heterocycles. The minimum absolute atomic E-state index is 0.175. The first kappa shape index (κ1) is 13.0. The molecule has 0 saturated carbocycles. The Labute approximate surface area is 107 Å². The molecule has 18 heavy (non-hydrogen) atoms. The number of anilines is 1. The highest BCUT2D eigenvalue weighted by atomic mass is 19.1. The maximum absolute atomic E-state index is 13.8. The summed E-state index contributed by atoms with van der Waals surface area (Å²) in [6.07, 6.45) is 4.14. The molecule has 1 unspecified atom stereocenters. The summed E-state index contributed by atoms with van der Waals surface area (Å²) in [6, 6.07) is 4.53. The van der Waals surface area contributed by atoms with Crippen molar-refractivity contribution < 1.29 is 13.9 Å². The van der Waals surface area contributed by atoms with Gasteiger partial charge < -0.3 is 9.64 Å². The van der Waals surface area contributed by atoms with Crippen LogP contribution >= 0.6 is 0 Å². The summed E-state index contributed by atoms with van der Waals surface area (Å²) >= 11 is 0. The van der Waals surface area contributed by atoms with E-state index in [1.54, 1.807) is 12.1 Å². The van der Waals surface area contributed by atoms with Gasteiger partial charge in [-0.1, -0.05) is 0 Å². The van der Waals surface area contributed by atoms with Gasteiger partial charge in [-0.25, -0.2) is 4.39 Å². The van der Waals surface area contributed by atoms with Crippen molar-refractivity contribution in [1.29, 1.82) is 0 Å². The van der Waals surface area contributed by atoms with E-state index in [4.69, 9.17) is 4.74 Å². The predicted octanol–water partition coefficient (Wildman–Crippen LogP) is 2.64. The Morgan fingerprint density at radius 2 is 2.33 bits per heavy atom. The number of carbonyl (C=O) groups excluding carboxylic acids is 1. The van der Waals surface area contributed by atoms with Crippen LogP contribution in [0.1, 0.15) is 29.6 Å². The van der Waals surface area contributed by atoms with Crippen molar-refractivity contribution >= 4 is 12.0 Å². The molecule has 1 heterocycles. The van der Waals surface area contributed by atoms with Crippen LogP contribution in [0, 0.1) is 5.82 Å². The van der Waals surface area contributed by atoms with E-state index in [9.17, 15) is 9.18 Å². The minimum atomic E-state index is -0.363. The molecule has 98 valence electrons. The van der Waals surface area contributed by atoms with Gasteiger partial charge in [-0.05, 0) is 37.5 Å². The molecule has 0 N–H and O–H groups in total. The summed E-state index contributed by atoms with van der Waals surface area (Å²) in [5.41, 5.74) is 0.869. The van der Waals surface area contributed by atoms with E-state index >= 15 is 0 Å². The second-order valence-electron chi connectivity index (χ2n) is 4.70. The first-order valence-corrected chi connectivity index (χ1v) is 6.28. The highest BCUT2D eigenvalue weighted by Gasteiger charge is 2.17. The second-order valence-corrected chi connectivity index (χ2v) is 4.70. The van der Waals surface area contributed by atoms with Crippen LogP contribution in [0.5, 0.6) is 0 Å². The normalized spacial score (nSPS) is 19.6. The molecule has 0 bridgehead atoms. The lowest BCUT2D eigenvalue weighted by Gasteiger charge is -2.28. The summed E-state index contributed by atoms with van der Waals surface area (Å²) in [5.74, 6) is -0.363. The number of rotatable bonds is 4. The molecule has 0 spiro atoms. The Bertz CT molecular complexity index is 416. The fourth-order valence-electron chi connectivity index (χ4n) is 2.26. The number of ether oxygens (including phenoxy) is 1. The topological polar surface area (TPSA) is 29.5 Å². The third-order valence-electron chi connectivity index (χ3n) is 3.27. The molecule has 1 atom stereocenters. The number of hydrogen-bond donors (Lipinski definition) is 0. The standard InChI is InChI=1S/C14H18FNO2/c1-16(9-12-4-2-3-7-18-12)14-6-5-11(10-17)8-13(14)15/h5-6,8,10,12H,2-4,7,9H2,1H3. The van der Waals surface area contributed by atoms with Gasteiger partial charge in [0.05, 0.1) is 11.8 Å². The lowest BCUT2D eigenvalue weighted by molar-refractivity contribution is 0.0215. The number of likely N-dealkylation sites (N-methyl/N-ethyl adjacent to an activating group) is 1. The van der Waals surface area contributed by atoms with Crippen LogP contribution in [-0.2, 0) is 4.74 Å². The van der Waals surface area contributed by atoms with Gasteiger partial charge in [0.15, 0.2) is 0 Å². The van der Waals surface area contributed by atoms with E-state index in [1.807, 2.05) is 11.9 Å². The van der Waals surface area contributed by atoms with Crippen LogP contribution in [0.25, 0.3) is 0 Å². The Balaban J connectivity index is 2.03. The van der Waals surface area contributed by atoms with E-state index < -0.39 is 0 Å². The quantitative estimate of drug-likeness (QED) is 0.770. The Morgan fingerprint density at radius 3 is 2.94 bits per heavy atom. The van der Waals surface area contributed by atoms with Crippen molar-refractivity contribution in [3.8, 4) is 0 Å². The third-order valence-corrected chi connectivity index (χ3v) is 3.27. The zero-order valence-electron chi connectivity index (χ0n) is 10.6. The highest BCUT2D eigenvalue weighted by Crippen LogP contribution is 2.21. The van der Waals surface area contributed by atoms with E-state index in [1.165, 1.54) is 12.5 Å². The average Bonchev–Trinajstić information content (AvgIpc) is 2.39. The summed E-state index contributed by atoms with van der Waals surface area (Å²) in [4.78, 5) is 12.4. The molecular formula is C14H18FNO2. The van der Waals surface area contributed by atoms with Crippen molar-refractivity contribution in [3.05, 3.63) is 29.6 Å². The molecular weight excluding hydrogens is 233 g/mol. The van der Waals surface area contributed by atoms with Crippen LogP contribution in [0.3, 0.4) is 0 Å². The van der Waals surface area contributed by atoms with E-state index in [0.717, 1.165) is 19.4 Å². The van der Waals surface area contributed by atoms with E-state index in [2.05, 4.69) is 0 Å². The largest absolute Gasteiger partial charge is 0.376 e. The summed E-state index contributed by atoms with van der Waals surface area (Å²) < 4.78 is 19.4. The number of aldehydes is 1. The molecule has 2 rings (SSSR count). The van der Waals surface area contributed by atoms with Gasteiger partial charge in [0.1, 0.15) is 12.1 Å². The molecule has 0 aromatic heterocycles. The molecule has 0 amide bonds. The van der Waals surface area contributed by atoms with Crippen molar-refractivity contribution in [2.24, 2.45) is 0 Å². The molecule has 1 aliphatic rings. The number of hydrogen-bond acceptors (Lipinski definition) is 3. The van der Waals surface area contributed by atoms with Crippen LogP contribution in [0.4, 0.5) is 10.1 Å². The second kappa shape index (κ2) is 5.96. The van der Waals surface area contributed by atoms with Crippen molar-refractivity contribution in [3.63, 3.8) is 0 Å². The average molecular weight is 251 g/mol. The molecule has 1 aromatic carbocycles. The van der Waals surface area contributed by atoms with Gasteiger partial charge in [-0.15, -0.1) is 0 Å². The number of carbonyl (C=O) groups is 1. The molecule has 1 fully saturated rings. The molecule has 0 aliphatic carbocycles. The van der Waals surface area contributed by atoms with Crippen LogP contribution < -0.4 is 4.90 Å². The minimum Gasteiger partial charge on any atom is -0.376 e. The molecule has 4 heteroatoms. The van der Waals surface area contributed by atoms with Crippen LogP contribution in [0.2, 0.25) is 0 Å². The molecule has 1 aliphatic heterocycles. The van der Waals surface area contributed by atoms with Gasteiger partial charge in [0.25, 0.3) is 0 Å². The van der Waals surface area contributed by atoms with Crippen LogP contribution in [-0.4, -0.2) is 32.6 Å². The summed E-state index contributed by atoms with van der Waals surface area (Å²) in [6.45, 7) is 1.47. The first-order valence-electron chi connectivity index (χ1n) is 6.28. The maximum Gasteiger partial charge on any atom is 0.150 e. The van der Waals surface area contributed by atoms with Gasteiger partial charge in [-0.2, -0.15) is 0 Å². The predicted molar refractivity (Wildman–Crippen MR) is 68.6 cm³/mol. The highest BCUT2D eigenvalue weighted by molar-refractivity contribution is 5.75. The number of nitrogens with zero attached hydrogens (tertiary/aromatic N) is 1. The Morgan fingerprint density at radius 1 is 1.50 bits per heavy atom. The lowest BCUT2D eigenvalue weighted by atomic mass is 10.1. The Kier molecular flexibility index (Phi) is 4.31. The number of halogens is 1. The van der Waals surface area contributed by atoms with Gasteiger partial charge in [0, 0.05) is 25.8 Å². The van der Waals surface area contributed by atoms with Gasteiger partial charge in [0.2, 0.25) is 0 Å². The first-order chi connectivity index (χ1) is 8.70. The summed E-state index contributed by atoms with van der Waals surface area (Å²) in [5, 5.41) is 0. The fraction of sp³-hybridized carbons (Fsp3) is 0.500. The smallest absolute Gasteiger partial charge is 0.150 e. The third kappa shape index (κ3) is 3.07. The molecule has 3 nitrogen and oxygen atoms in total. The Hall–Kier alpha value is -1.42. The zero-order chi connectivity index (χ0) is 13.0. The fourth-order valence-corrected chi connectivity index (χ4v) is 2.26. The van der Waals surface area contributed by atoms with E-state index in [-0.39, 0.29) is 11.9 Å². The molecule has 0 radical (unpaired) electrons.